The molecule has 0 saturated heterocycles. The minimum Gasteiger partial charge on any atom is -0.467 e. The standard InChI is InChI=1S/C17H12ClF3N4O2/c18-14-4-3-11(6-13(14)17(19,20)21)25-15(26)10-7-22-16(23-8-10)24-9-12-2-1-5-27-12/h1-8H,9H2,(H,25,26)(H,22,23,24). The van der Waals surface area contributed by atoms with E-state index in [1.54, 1.807) is 12.1 Å². The first-order valence-corrected chi connectivity index (χ1v) is 7.97. The van der Waals surface area contributed by atoms with Crippen molar-refractivity contribution in [2.24, 2.45) is 0 Å². The molecule has 3 aromatic rings. The van der Waals surface area contributed by atoms with Gasteiger partial charge in [0, 0.05) is 18.1 Å². The molecule has 0 radical (unpaired) electrons. The van der Waals surface area contributed by atoms with Gasteiger partial charge in [0.15, 0.2) is 0 Å². The highest BCUT2D eigenvalue weighted by Crippen LogP contribution is 2.36. The number of carbonyl (C=O) groups excluding carboxylic acids is 1. The van der Waals surface area contributed by atoms with Crippen molar-refractivity contribution >= 4 is 29.1 Å². The number of benzene rings is 1. The molecule has 140 valence electrons. The lowest BCUT2D eigenvalue weighted by Gasteiger charge is -2.11. The maximum atomic E-state index is 12.9. The van der Waals surface area contributed by atoms with E-state index in [9.17, 15) is 18.0 Å². The van der Waals surface area contributed by atoms with Crippen LogP contribution in [0.5, 0.6) is 0 Å². The van der Waals surface area contributed by atoms with Gasteiger partial charge in [-0.3, -0.25) is 4.79 Å². The molecule has 2 aromatic heterocycles. The molecule has 0 bridgehead atoms. The van der Waals surface area contributed by atoms with Crippen molar-refractivity contribution < 1.29 is 22.4 Å². The third kappa shape index (κ3) is 4.76. The lowest BCUT2D eigenvalue weighted by atomic mass is 10.2. The maximum absolute atomic E-state index is 12.9. The van der Waals surface area contributed by atoms with Crippen LogP contribution < -0.4 is 10.6 Å². The summed E-state index contributed by atoms with van der Waals surface area (Å²) in [4.78, 5) is 20.1. The summed E-state index contributed by atoms with van der Waals surface area (Å²) in [6, 6.07) is 6.62. The molecular formula is C17H12ClF3N4O2. The number of hydrogen-bond acceptors (Lipinski definition) is 5. The normalized spacial score (nSPS) is 11.3. The molecule has 0 spiro atoms. The zero-order valence-corrected chi connectivity index (χ0v) is 14.3. The van der Waals surface area contributed by atoms with Gasteiger partial charge in [-0.15, -0.1) is 0 Å². The van der Waals surface area contributed by atoms with Crippen LogP contribution in [-0.2, 0) is 12.7 Å². The minimum absolute atomic E-state index is 0.0447. The van der Waals surface area contributed by atoms with E-state index in [2.05, 4.69) is 20.6 Å². The van der Waals surface area contributed by atoms with Crippen molar-refractivity contribution in [2.75, 3.05) is 10.6 Å². The molecule has 0 atom stereocenters. The summed E-state index contributed by atoms with van der Waals surface area (Å²) in [5, 5.41) is 4.82. The van der Waals surface area contributed by atoms with Gasteiger partial charge >= 0.3 is 6.18 Å². The molecule has 0 aliphatic heterocycles. The predicted octanol–water partition coefficient (Wildman–Crippen LogP) is 4.61. The van der Waals surface area contributed by atoms with E-state index < -0.39 is 22.7 Å². The van der Waals surface area contributed by atoms with E-state index >= 15 is 0 Å². The smallest absolute Gasteiger partial charge is 0.417 e. The zero-order chi connectivity index (χ0) is 19.4. The predicted molar refractivity (Wildman–Crippen MR) is 92.5 cm³/mol. The van der Waals surface area contributed by atoms with Gasteiger partial charge in [-0.05, 0) is 30.3 Å². The number of rotatable bonds is 5. The Morgan fingerprint density at radius 2 is 1.93 bits per heavy atom. The summed E-state index contributed by atoms with van der Waals surface area (Å²) in [5.41, 5.74) is -0.991. The van der Waals surface area contributed by atoms with Crippen molar-refractivity contribution in [3.05, 3.63) is 70.9 Å². The number of hydrogen-bond donors (Lipinski definition) is 2. The highest BCUT2D eigenvalue weighted by atomic mass is 35.5. The third-order valence-electron chi connectivity index (χ3n) is 3.44. The van der Waals surface area contributed by atoms with Crippen molar-refractivity contribution in [3.63, 3.8) is 0 Å². The fourth-order valence-electron chi connectivity index (χ4n) is 2.14. The first-order chi connectivity index (χ1) is 12.8. The van der Waals surface area contributed by atoms with Gasteiger partial charge in [0.05, 0.1) is 29.0 Å². The molecule has 0 aliphatic carbocycles. The lowest BCUT2D eigenvalue weighted by Crippen LogP contribution is -2.14. The average molecular weight is 397 g/mol. The number of furan rings is 1. The largest absolute Gasteiger partial charge is 0.467 e. The molecule has 1 amide bonds. The number of anilines is 2. The molecule has 2 N–H and O–H groups in total. The van der Waals surface area contributed by atoms with Crippen LogP contribution in [-0.4, -0.2) is 15.9 Å². The van der Waals surface area contributed by atoms with Crippen LogP contribution in [0.1, 0.15) is 21.7 Å². The van der Waals surface area contributed by atoms with Crippen LogP contribution in [0.15, 0.2) is 53.4 Å². The summed E-state index contributed by atoms with van der Waals surface area (Å²) in [6.07, 6.45) is -0.574. The first-order valence-electron chi connectivity index (χ1n) is 7.59. The monoisotopic (exact) mass is 396 g/mol. The van der Waals surface area contributed by atoms with Crippen molar-refractivity contribution in [1.29, 1.82) is 0 Å². The van der Waals surface area contributed by atoms with Crippen LogP contribution in [0.25, 0.3) is 0 Å². The van der Waals surface area contributed by atoms with Gasteiger partial charge in [-0.25, -0.2) is 9.97 Å². The van der Waals surface area contributed by atoms with E-state index in [-0.39, 0.29) is 17.2 Å². The van der Waals surface area contributed by atoms with Crippen molar-refractivity contribution in [1.82, 2.24) is 9.97 Å². The summed E-state index contributed by atoms with van der Waals surface area (Å²) in [6.45, 7) is 0.365. The molecular weight excluding hydrogens is 385 g/mol. The Balaban J connectivity index is 1.66. The number of nitrogens with one attached hydrogen (secondary N) is 2. The first kappa shape index (κ1) is 18.7. The van der Waals surface area contributed by atoms with Crippen LogP contribution in [0.2, 0.25) is 5.02 Å². The number of carbonyl (C=O) groups is 1. The van der Waals surface area contributed by atoms with Gasteiger partial charge < -0.3 is 15.1 Å². The molecule has 3 rings (SSSR count). The molecule has 0 aliphatic rings. The van der Waals surface area contributed by atoms with Gasteiger partial charge in [0.1, 0.15) is 5.76 Å². The Hall–Kier alpha value is -3.07. The maximum Gasteiger partial charge on any atom is 0.417 e. The van der Waals surface area contributed by atoms with Gasteiger partial charge in [-0.2, -0.15) is 13.2 Å². The van der Waals surface area contributed by atoms with Crippen LogP contribution in [0, 0.1) is 0 Å². The topological polar surface area (TPSA) is 80.0 Å². The average Bonchev–Trinajstić information content (AvgIpc) is 3.14. The molecule has 10 heteroatoms. The van der Waals surface area contributed by atoms with Crippen molar-refractivity contribution in [3.8, 4) is 0 Å². The SMILES string of the molecule is O=C(Nc1ccc(Cl)c(C(F)(F)F)c1)c1cnc(NCc2ccco2)nc1. The number of alkyl halides is 3. The Morgan fingerprint density at radius 1 is 1.19 bits per heavy atom. The van der Waals surface area contributed by atoms with Crippen LogP contribution in [0.4, 0.5) is 24.8 Å². The van der Waals surface area contributed by atoms with E-state index in [1.165, 1.54) is 24.7 Å². The van der Waals surface area contributed by atoms with Gasteiger partial charge in [0.25, 0.3) is 5.91 Å². The molecule has 0 unspecified atom stereocenters. The number of aromatic nitrogens is 2. The molecule has 0 fully saturated rings. The summed E-state index contributed by atoms with van der Waals surface area (Å²) in [7, 11) is 0. The van der Waals surface area contributed by atoms with Gasteiger partial charge in [-0.1, -0.05) is 11.6 Å². The number of nitrogens with zero attached hydrogens (tertiary/aromatic N) is 2. The highest BCUT2D eigenvalue weighted by Gasteiger charge is 2.33. The highest BCUT2D eigenvalue weighted by molar-refractivity contribution is 6.31. The van der Waals surface area contributed by atoms with E-state index in [1.807, 2.05) is 0 Å². The second kappa shape index (κ2) is 7.67. The Kier molecular flexibility index (Phi) is 5.31. The van der Waals surface area contributed by atoms with E-state index in [4.69, 9.17) is 16.0 Å². The van der Waals surface area contributed by atoms with Crippen LogP contribution >= 0.6 is 11.6 Å². The fraction of sp³-hybridized carbons (Fsp3) is 0.118. The third-order valence-corrected chi connectivity index (χ3v) is 3.77. The Labute approximate surface area is 156 Å². The molecule has 2 heterocycles. The van der Waals surface area contributed by atoms with Crippen molar-refractivity contribution in [2.45, 2.75) is 12.7 Å². The zero-order valence-electron chi connectivity index (χ0n) is 13.5. The fourth-order valence-corrected chi connectivity index (χ4v) is 2.36. The van der Waals surface area contributed by atoms with Gasteiger partial charge in [0.2, 0.25) is 5.95 Å². The Bertz CT molecular complexity index is 928. The van der Waals surface area contributed by atoms with E-state index in [0.29, 0.717) is 12.3 Å². The summed E-state index contributed by atoms with van der Waals surface area (Å²) >= 11 is 5.55. The number of amides is 1. The van der Waals surface area contributed by atoms with Crippen LogP contribution in [0.3, 0.4) is 0 Å². The Morgan fingerprint density at radius 3 is 2.56 bits per heavy atom. The molecule has 1 aromatic carbocycles. The quantitative estimate of drug-likeness (QED) is 0.658. The number of halogens is 4. The molecule has 6 nitrogen and oxygen atoms in total. The lowest BCUT2D eigenvalue weighted by molar-refractivity contribution is -0.137. The second-order valence-corrected chi connectivity index (χ2v) is 5.78. The van der Waals surface area contributed by atoms with E-state index in [0.717, 1.165) is 12.1 Å². The molecule has 27 heavy (non-hydrogen) atoms. The summed E-state index contributed by atoms with van der Waals surface area (Å²) < 4.78 is 43.8. The minimum atomic E-state index is -4.62. The summed E-state index contributed by atoms with van der Waals surface area (Å²) in [5.74, 6) is 0.306. The second-order valence-electron chi connectivity index (χ2n) is 5.37. The molecule has 0 saturated carbocycles.